The van der Waals surface area contributed by atoms with E-state index in [1.54, 1.807) is 0 Å². The summed E-state index contributed by atoms with van der Waals surface area (Å²) >= 11 is 0. The second-order valence-corrected chi connectivity index (χ2v) is 5.29. The highest BCUT2D eigenvalue weighted by Gasteiger charge is 2.30. The number of likely N-dealkylation sites (tertiary alicyclic amines) is 1. The summed E-state index contributed by atoms with van der Waals surface area (Å²) < 4.78 is 0. The molecule has 2 amide bonds. The first-order valence-corrected chi connectivity index (χ1v) is 6.22. The quantitative estimate of drug-likeness (QED) is 0.707. The summed E-state index contributed by atoms with van der Waals surface area (Å²) in [5.41, 5.74) is 0. The maximum absolute atomic E-state index is 11.9. The predicted molar refractivity (Wildman–Crippen MR) is 60.7 cm³/mol. The molecule has 2 unspecified atom stereocenters. The van der Waals surface area contributed by atoms with Crippen molar-refractivity contribution in [2.45, 2.75) is 45.6 Å². The van der Waals surface area contributed by atoms with E-state index >= 15 is 0 Å². The molecule has 0 aromatic carbocycles. The highest BCUT2D eigenvalue weighted by atomic mass is 16.2. The molecular formula is C12H22N2O. The summed E-state index contributed by atoms with van der Waals surface area (Å²) in [7, 11) is 0. The Kier molecular flexibility index (Phi) is 3.17. The van der Waals surface area contributed by atoms with Crippen molar-refractivity contribution in [1.82, 2.24) is 10.2 Å². The maximum atomic E-state index is 11.9. The van der Waals surface area contributed by atoms with Crippen molar-refractivity contribution in [3.8, 4) is 0 Å². The van der Waals surface area contributed by atoms with Gasteiger partial charge in [-0.05, 0) is 24.7 Å². The fourth-order valence-electron chi connectivity index (χ4n) is 2.63. The highest BCUT2D eigenvalue weighted by molar-refractivity contribution is 5.74. The second kappa shape index (κ2) is 4.42. The molecule has 15 heavy (non-hydrogen) atoms. The van der Waals surface area contributed by atoms with Gasteiger partial charge < -0.3 is 10.2 Å². The number of nitrogens with zero attached hydrogens (tertiary/aromatic N) is 1. The summed E-state index contributed by atoms with van der Waals surface area (Å²) in [6, 6.07) is 0.613. The highest BCUT2D eigenvalue weighted by Crippen LogP contribution is 2.23. The molecule has 2 atom stereocenters. The standard InChI is InChI=1S/C12H22N2O/c1-9-7-14(8-10(9)2)12(15)13-11-5-3-4-6-11/h9-11H,3-8H2,1-2H3,(H,13,15). The number of carbonyl (C=O) groups is 1. The van der Waals surface area contributed by atoms with Crippen LogP contribution in [0.15, 0.2) is 0 Å². The number of nitrogens with one attached hydrogen (secondary N) is 1. The van der Waals surface area contributed by atoms with Crippen LogP contribution < -0.4 is 5.32 Å². The van der Waals surface area contributed by atoms with Gasteiger partial charge in [-0.15, -0.1) is 0 Å². The monoisotopic (exact) mass is 210 g/mol. The van der Waals surface area contributed by atoms with Crippen LogP contribution in [-0.4, -0.2) is 30.1 Å². The first-order valence-electron chi connectivity index (χ1n) is 6.22. The third kappa shape index (κ3) is 2.44. The van der Waals surface area contributed by atoms with E-state index in [1.165, 1.54) is 25.7 Å². The average molecular weight is 210 g/mol. The number of amides is 2. The fourth-order valence-corrected chi connectivity index (χ4v) is 2.63. The van der Waals surface area contributed by atoms with Gasteiger partial charge in [-0.25, -0.2) is 4.79 Å². The third-order valence-corrected chi connectivity index (χ3v) is 3.96. The molecule has 3 nitrogen and oxygen atoms in total. The zero-order valence-electron chi connectivity index (χ0n) is 9.83. The van der Waals surface area contributed by atoms with Crippen LogP contribution in [0.4, 0.5) is 4.79 Å². The molecule has 0 bridgehead atoms. The van der Waals surface area contributed by atoms with Crippen molar-refractivity contribution in [2.75, 3.05) is 13.1 Å². The van der Waals surface area contributed by atoms with Crippen molar-refractivity contribution in [3.63, 3.8) is 0 Å². The van der Waals surface area contributed by atoms with Crippen molar-refractivity contribution < 1.29 is 4.79 Å². The van der Waals surface area contributed by atoms with E-state index < -0.39 is 0 Å². The van der Waals surface area contributed by atoms with E-state index in [0.717, 1.165) is 13.1 Å². The lowest BCUT2D eigenvalue weighted by atomic mass is 10.0. The Morgan fingerprint density at radius 2 is 1.67 bits per heavy atom. The van der Waals surface area contributed by atoms with Crippen LogP contribution in [-0.2, 0) is 0 Å². The lowest BCUT2D eigenvalue weighted by molar-refractivity contribution is 0.202. The number of urea groups is 1. The lowest BCUT2D eigenvalue weighted by Crippen LogP contribution is -2.43. The molecule has 1 heterocycles. The molecule has 1 N–H and O–H groups in total. The molecule has 2 fully saturated rings. The molecule has 0 aromatic rings. The maximum Gasteiger partial charge on any atom is 0.317 e. The zero-order chi connectivity index (χ0) is 10.8. The minimum absolute atomic E-state index is 0.165. The summed E-state index contributed by atoms with van der Waals surface area (Å²) in [6.07, 6.45) is 4.89. The summed E-state index contributed by atoms with van der Waals surface area (Å²) in [6.45, 7) is 6.32. The van der Waals surface area contributed by atoms with E-state index in [9.17, 15) is 4.79 Å². The Labute approximate surface area is 92.2 Å². The molecule has 86 valence electrons. The van der Waals surface area contributed by atoms with Crippen molar-refractivity contribution >= 4 is 6.03 Å². The van der Waals surface area contributed by atoms with Crippen LogP contribution in [0.3, 0.4) is 0 Å². The van der Waals surface area contributed by atoms with E-state index in [2.05, 4.69) is 19.2 Å². The molecule has 1 aliphatic carbocycles. The first-order chi connectivity index (χ1) is 7.16. The molecule has 0 radical (unpaired) electrons. The van der Waals surface area contributed by atoms with Crippen LogP contribution in [0.1, 0.15) is 39.5 Å². The van der Waals surface area contributed by atoms with Crippen LogP contribution in [0.25, 0.3) is 0 Å². The molecule has 1 aliphatic heterocycles. The molecule has 0 spiro atoms. The molecule has 2 aliphatic rings. The third-order valence-electron chi connectivity index (χ3n) is 3.96. The van der Waals surface area contributed by atoms with Crippen molar-refractivity contribution in [3.05, 3.63) is 0 Å². The number of rotatable bonds is 1. The first kappa shape index (κ1) is 10.8. The largest absolute Gasteiger partial charge is 0.335 e. The van der Waals surface area contributed by atoms with E-state index in [0.29, 0.717) is 17.9 Å². The van der Waals surface area contributed by atoms with Gasteiger partial charge in [-0.3, -0.25) is 0 Å². The van der Waals surface area contributed by atoms with E-state index in [4.69, 9.17) is 0 Å². The van der Waals surface area contributed by atoms with Crippen LogP contribution in [0, 0.1) is 11.8 Å². The van der Waals surface area contributed by atoms with Gasteiger partial charge >= 0.3 is 6.03 Å². The number of hydrogen-bond donors (Lipinski definition) is 1. The van der Waals surface area contributed by atoms with E-state index in [-0.39, 0.29) is 6.03 Å². The predicted octanol–water partition coefficient (Wildman–Crippen LogP) is 2.23. The lowest BCUT2D eigenvalue weighted by Gasteiger charge is -2.20. The smallest absolute Gasteiger partial charge is 0.317 e. The second-order valence-electron chi connectivity index (χ2n) is 5.29. The van der Waals surface area contributed by atoms with E-state index in [1.807, 2.05) is 4.90 Å². The summed E-state index contributed by atoms with van der Waals surface area (Å²) in [5.74, 6) is 1.30. The minimum Gasteiger partial charge on any atom is -0.335 e. The van der Waals surface area contributed by atoms with Gasteiger partial charge in [-0.2, -0.15) is 0 Å². The Bertz CT molecular complexity index is 226. The Morgan fingerprint density at radius 1 is 1.13 bits per heavy atom. The molecule has 1 saturated heterocycles. The van der Waals surface area contributed by atoms with Gasteiger partial charge in [-0.1, -0.05) is 26.7 Å². The van der Waals surface area contributed by atoms with Gasteiger partial charge in [0.05, 0.1) is 0 Å². The van der Waals surface area contributed by atoms with Gasteiger partial charge in [0.25, 0.3) is 0 Å². The summed E-state index contributed by atoms with van der Waals surface area (Å²) in [4.78, 5) is 13.9. The Morgan fingerprint density at radius 3 is 2.20 bits per heavy atom. The van der Waals surface area contributed by atoms with Gasteiger partial charge in [0, 0.05) is 19.1 Å². The van der Waals surface area contributed by atoms with Crippen LogP contribution >= 0.6 is 0 Å². The zero-order valence-corrected chi connectivity index (χ0v) is 9.83. The van der Waals surface area contributed by atoms with Gasteiger partial charge in [0.2, 0.25) is 0 Å². The summed E-state index contributed by atoms with van der Waals surface area (Å²) in [5, 5.41) is 3.15. The van der Waals surface area contributed by atoms with Gasteiger partial charge in [0.15, 0.2) is 0 Å². The topological polar surface area (TPSA) is 32.3 Å². The SMILES string of the molecule is CC1CN(C(=O)NC2CCCC2)CC1C. The molecule has 1 saturated carbocycles. The average Bonchev–Trinajstić information content (AvgIpc) is 2.78. The molecule has 0 aromatic heterocycles. The van der Waals surface area contributed by atoms with Crippen molar-refractivity contribution in [1.29, 1.82) is 0 Å². The molecule has 3 heteroatoms. The number of carbonyl (C=O) groups excluding carboxylic acids is 1. The molecule has 2 rings (SSSR count). The Hall–Kier alpha value is -0.730. The molecular weight excluding hydrogens is 188 g/mol. The fraction of sp³-hybridized carbons (Fsp3) is 0.917. The van der Waals surface area contributed by atoms with Gasteiger partial charge in [0.1, 0.15) is 0 Å². The van der Waals surface area contributed by atoms with Crippen molar-refractivity contribution in [2.24, 2.45) is 11.8 Å². The Balaban J connectivity index is 1.81. The van der Waals surface area contributed by atoms with Crippen LogP contribution in [0.5, 0.6) is 0 Å². The minimum atomic E-state index is 0.165. The van der Waals surface area contributed by atoms with Crippen LogP contribution in [0.2, 0.25) is 0 Å². The normalized spacial score (nSPS) is 32.3. The number of hydrogen-bond acceptors (Lipinski definition) is 1.